The molecule has 1 heterocycles. The summed E-state index contributed by atoms with van der Waals surface area (Å²) in [6.45, 7) is 1.72. The van der Waals surface area contributed by atoms with E-state index in [0.29, 0.717) is 36.2 Å². The van der Waals surface area contributed by atoms with E-state index >= 15 is 0 Å². The van der Waals surface area contributed by atoms with E-state index in [9.17, 15) is 13.2 Å². The first kappa shape index (κ1) is 24.7. The van der Waals surface area contributed by atoms with Crippen LogP contribution >= 0.6 is 34.8 Å². The van der Waals surface area contributed by atoms with Crippen molar-refractivity contribution in [2.24, 2.45) is 0 Å². The van der Waals surface area contributed by atoms with Crippen molar-refractivity contribution in [1.82, 2.24) is 4.90 Å². The minimum absolute atomic E-state index is 0.0598. The molecule has 0 N–H and O–H groups in total. The van der Waals surface area contributed by atoms with Gasteiger partial charge >= 0.3 is 0 Å². The monoisotopic (exact) mass is 537 g/mol. The molecule has 1 fully saturated rings. The van der Waals surface area contributed by atoms with E-state index in [1.807, 2.05) is 24.3 Å². The lowest BCUT2D eigenvalue weighted by molar-refractivity contribution is -0.129. The highest BCUT2D eigenvalue weighted by molar-refractivity contribution is 7.92. The number of carbonyl (C=O) groups excluding carboxylic acids is 1. The molecular formula is C24H22Cl3N3O3S. The van der Waals surface area contributed by atoms with Gasteiger partial charge in [-0.05, 0) is 48.5 Å². The lowest BCUT2D eigenvalue weighted by Gasteiger charge is -2.37. The van der Waals surface area contributed by atoms with Crippen LogP contribution in [0.4, 0.5) is 11.4 Å². The lowest BCUT2D eigenvalue weighted by atomic mass is 10.2. The zero-order valence-electron chi connectivity index (χ0n) is 18.1. The summed E-state index contributed by atoms with van der Waals surface area (Å²) >= 11 is 18.6. The quantitative estimate of drug-likeness (QED) is 0.433. The summed E-state index contributed by atoms with van der Waals surface area (Å²) < 4.78 is 28.1. The second-order valence-electron chi connectivity index (χ2n) is 7.77. The van der Waals surface area contributed by atoms with Gasteiger partial charge in [0.15, 0.2) is 0 Å². The number of amides is 1. The van der Waals surface area contributed by atoms with Crippen molar-refractivity contribution >= 4 is 62.1 Å². The van der Waals surface area contributed by atoms with Crippen LogP contribution in [0.5, 0.6) is 0 Å². The first-order valence-corrected chi connectivity index (χ1v) is 13.1. The van der Waals surface area contributed by atoms with Gasteiger partial charge < -0.3 is 9.80 Å². The maximum Gasteiger partial charge on any atom is 0.264 e. The molecule has 10 heteroatoms. The highest BCUT2D eigenvalue weighted by Crippen LogP contribution is 2.33. The average molecular weight is 539 g/mol. The fourth-order valence-electron chi connectivity index (χ4n) is 3.81. The third-order valence-corrected chi connectivity index (χ3v) is 8.16. The number of carbonyl (C=O) groups is 1. The maximum atomic E-state index is 13.5. The average Bonchev–Trinajstić information content (AvgIpc) is 2.84. The van der Waals surface area contributed by atoms with Crippen molar-refractivity contribution in [2.45, 2.75) is 4.90 Å². The largest absolute Gasteiger partial charge is 0.368 e. The molecule has 178 valence electrons. The molecule has 0 aromatic heterocycles. The molecule has 1 saturated heterocycles. The number of hydrogen-bond acceptors (Lipinski definition) is 4. The zero-order chi connectivity index (χ0) is 24.3. The number of piperazine rings is 1. The first-order valence-electron chi connectivity index (χ1n) is 10.6. The minimum atomic E-state index is -4.07. The van der Waals surface area contributed by atoms with Gasteiger partial charge in [0.2, 0.25) is 5.91 Å². The van der Waals surface area contributed by atoms with Gasteiger partial charge in [-0.2, -0.15) is 0 Å². The number of halogens is 3. The fourth-order valence-corrected chi connectivity index (χ4v) is 5.87. The van der Waals surface area contributed by atoms with Crippen LogP contribution in [0, 0.1) is 0 Å². The van der Waals surface area contributed by atoms with Crippen LogP contribution in [0.2, 0.25) is 15.1 Å². The highest BCUT2D eigenvalue weighted by atomic mass is 35.5. The molecule has 0 aliphatic carbocycles. The van der Waals surface area contributed by atoms with Crippen molar-refractivity contribution in [1.29, 1.82) is 0 Å². The van der Waals surface area contributed by atoms with Crippen molar-refractivity contribution in [3.63, 3.8) is 0 Å². The second-order valence-corrected chi connectivity index (χ2v) is 10.9. The Bertz CT molecular complexity index is 1280. The molecule has 0 radical (unpaired) electrons. The van der Waals surface area contributed by atoms with Gasteiger partial charge in [-0.25, -0.2) is 8.42 Å². The Kier molecular flexibility index (Phi) is 7.57. The molecule has 0 spiro atoms. The number of sulfonamides is 1. The van der Waals surface area contributed by atoms with Crippen LogP contribution in [0.15, 0.2) is 77.7 Å². The van der Waals surface area contributed by atoms with E-state index < -0.39 is 16.6 Å². The molecule has 6 nitrogen and oxygen atoms in total. The molecule has 1 aliphatic heterocycles. The van der Waals surface area contributed by atoms with Gasteiger partial charge in [0.05, 0.1) is 15.6 Å². The number of nitrogens with zero attached hydrogens (tertiary/aromatic N) is 3. The van der Waals surface area contributed by atoms with E-state index in [-0.39, 0.29) is 21.5 Å². The normalized spacial score (nSPS) is 14.2. The standard InChI is InChI=1S/C24H22Cl3N3O3S/c25-18-5-4-6-20(15-18)28-11-13-29(14-12-28)24(31)17-30(23-16-19(26)9-10-22(23)27)34(32,33)21-7-2-1-3-8-21/h1-10,15-16H,11-14,17H2. The number of benzene rings is 3. The fraction of sp³-hybridized carbons (Fsp3) is 0.208. The Labute approximate surface area is 214 Å². The smallest absolute Gasteiger partial charge is 0.264 e. The Balaban J connectivity index is 1.56. The minimum Gasteiger partial charge on any atom is -0.368 e. The summed E-state index contributed by atoms with van der Waals surface area (Å²) in [5.74, 6) is -0.318. The van der Waals surface area contributed by atoms with Crippen LogP contribution in [-0.2, 0) is 14.8 Å². The molecule has 4 rings (SSSR count). The predicted molar refractivity (Wildman–Crippen MR) is 138 cm³/mol. The molecule has 0 unspecified atom stereocenters. The third kappa shape index (κ3) is 5.44. The van der Waals surface area contributed by atoms with Crippen LogP contribution in [0.25, 0.3) is 0 Å². The summed E-state index contributed by atoms with van der Waals surface area (Å²) in [6, 6.07) is 20.0. The van der Waals surface area contributed by atoms with Crippen molar-refractivity contribution < 1.29 is 13.2 Å². The van der Waals surface area contributed by atoms with E-state index in [2.05, 4.69) is 4.90 Å². The molecular weight excluding hydrogens is 517 g/mol. The van der Waals surface area contributed by atoms with E-state index in [0.717, 1.165) is 9.99 Å². The van der Waals surface area contributed by atoms with Gasteiger partial charge in [-0.3, -0.25) is 9.10 Å². The van der Waals surface area contributed by atoms with Crippen LogP contribution < -0.4 is 9.21 Å². The van der Waals surface area contributed by atoms with Crippen molar-refractivity contribution in [3.05, 3.63) is 87.9 Å². The van der Waals surface area contributed by atoms with E-state index in [1.165, 1.54) is 24.3 Å². The van der Waals surface area contributed by atoms with E-state index in [1.54, 1.807) is 29.2 Å². The van der Waals surface area contributed by atoms with Crippen LogP contribution in [-0.4, -0.2) is 51.9 Å². The summed E-state index contributed by atoms with van der Waals surface area (Å²) in [5, 5.41) is 1.15. The molecule has 3 aromatic carbocycles. The number of anilines is 2. The summed E-state index contributed by atoms with van der Waals surface area (Å²) in [7, 11) is -4.07. The highest BCUT2D eigenvalue weighted by Gasteiger charge is 2.31. The van der Waals surface area contributed by atoms with Gasteiger partial charge in [-0.1, -0.05) is 59.1 Å². The lowest BCUT2D eigenvalue weighted by Crippen LogP contribution is -2.52. The Morgan fingerprint density at radius 1 is 0.824 bits per heavy atom. The van der Waals surface area contributed by atoms with Gasteiger partial charge in [0, 0.05) is 41.9 Å². The molecule has 1 aliphatic rings. The topological polar surface area (TPSA) is 60.9 Å². The second kappa shape index (κ2) is 10.4. The number of hydrogen-bond donors (Lipinski definition) is 0. The third-order valence-electron chi connectivity index (χ3n) is 5.59. The van der Waals surface area contributed by atoms with Crippen LogP contribution in [0.1, 0.15) is 0 Å². The predicted octanol–water partition coefficient (Wildman–Crippen LogP) is 5.19. The SMILES string of the molecule is O=C(CN(c1cc(Cl)ccc1Cl)S(=O)(=O)c1ccccc1)N1CCN(c2cccc(Cl)c2)CC1. The van der Waals surface area contributed by atoms with Crippen molar-refractivity contribution in [2.75, 3.05) is 41.9 Å². The first-order chi connectivity index (χ1) is 16.3. The Morgan fingerprint density at radius 2 is 1.50 bits per heavy atom. The molecule has 3 aromatic rings. The molecule has 34 heavy (non-hydrogen) atoms. The molecule has 0 bridgehead atoms. The van der Waals surface area contributed by atoms with Crippen molar-refractivity contribution in [3.8, 4) is 0 Å². The zero-order valence-corrected chi connectivity index (χ0v) is 21.2. The summed E-state index contributed by atoms with van der Waals surface area (Å²) in [6.07, 6.45) is 0. The number of rotatable bonds is 6. The molecule has 1 amide bonds. The Morgan fingerprint density at radius 3 is 2.18 bits per heavy atom. The van der Waals surface area contributed by atoms with Gasteiger partial charge in [0.25, 0.3) is 10.0 Å². The van der Waals surface area contributed by atoms with Gasteiger partial charge in [-0.15, -0.1) is 0 Å². The van der Waals surface area contributed by atoms with E-state index in [4.69, 9.17) is 34.8 Å². The summed E-state index contributed by atoms with van der Waals surface area (Å²) in [5.41, 5.74) is 1.14. The molecule has 0 saturated carbocycles. The van der Waals surface area contributed by atoms with Gasteiger partial charge in [0.1, 0.15) is 6.54 Å². The maximum absolute atomic E-state index is 13.5. The molecule has 0 atom stereocenters. The Hall–Kier alpha value is -2.45. The van der Waals surface area contributed by atoms with Crippen LogP contribution in [0.3, 0.4) is 0 Å². The summed E-state index contributed by atoms with van der Waals surface area (Å²) in [4.78, 5) is 17.1.